The van der Waals surface area contributed by atoms with Gasteiger partial charge in [0.05, 0.1) is 21.8 Å². The number of allylic oxidation sites excluding steroid dienone is 3. The second kappa shape index (κ2) is 7.17. The minimum Gasteiger partial charge on any atom is -0.872 e. The maximum Gasteiger partial charge on any atom is 0.276 e. The van der Waals surface area contributed by atoms with Crippen molar-refractivity contribution >= 4 is 23.2 Å². The maximum atomic E-state index is 11.8. The first-order valence-corrected chi connectivity index (χ1v) is 9.60. The van der Waals surface area contributed by atoms with Crippen molar-refractivity contribution in [2.24, 2.45) is 11.3 Å². The minimum absolute atomic E-state index is 0.0688. The van der Waals surface area contributed by atoms with Gasteiger partial charge in [-0.05, 0) is 26.0 Å². The van der Waals surface area contributed by atoms with E-state index in [1.807, 2.05) is 24.3 Å². The number of nitro benzene ring substituents is 1. The van der Waals surface area contributed by atoms with Crippen molar-refractivity contribution in [1.29, 1.82) is 0 Å². The minimum atomic E-state index is -0.455. The molecule has 2 unspecified atom stereocenters. The SMILES string of the molecule is CC1(C)C(/C=C/c2cc([O-])ccc2[N+](=O)[O-])=[N+](c2ccccc2)C2C=CC=CC21. The van der Waals surface area contributed by atoms with Crippen LogP contribution in [-0.4, -0.2) is 21.3 Å². The Morgan fingerprint density at radius 1 is 1.03 bits per heavy atom. The smallest absolute Gasteiger partial charge is 0.276 e. The van der Waals surface area contributed by atoms with Crippen molar-refractivity contribution in [3.8, 4) is 5.75 Å². The molecule has 2 aliphatic rings. The van der Waals surface area contributed by atoms with Crippen LogP contribution in [0.1, 0.15) is 19.4 Å². The summed E-state index contributed by atoms with van der Waals surface area (Å²) in [6.45, 7) is 4.38. The fourth-order valence-corrected chi connectivity index (χ4v) is 4.35. The van der Waals surface area contributed by atoms with Crippen LogP contribution in [0.25, 0.3) is 6.08 Å². The van der Waals surface area contributed by atoms with Gasteiger partial charge < -0.3 is 5.11 Å². The molecule has 0 N–H and O–H groups in total. The van der Waals surface area contributed by atoms with Gasteiger partial charge in [0.2, 0.25) is 5.69 Å². The van der Waals surface area contributed by atoms with Crippen molar-refractivity contribution < 1.29 is 14.6 Å². The first kappa shape index (κ1) is 18.9. The van der Waals surface area contributed by atoms with Crippen LogP contribution >= 0.6 is 0 Å². The summed E-state index contributed by atoms with van der Waals surface area (Å²) in [6, 6.07) is 14.1. The molecule has 0 amide bonds. The van der Waals surface area contributed by atoms with Crippen LogP contribution in [0.15, 0.2) is 78.9 Å². The Morgan fingerprint density at radius 2 is 1.76 bits per heavy atom. The zero-order valence-corrected chi connectivity index (χ0v) is 16.4. The quantitative estimate of drug-likeness (QED) is 0.437. The highest BCUT2D eigenvalue weighted by Gasteiger charge is 2.53. The Hall–Kier alpha value is -3.47. The molecule has 4 rings (SSSR count). The van der Waals surface area contributed by atoms with E-state index < -0.39 is 4.92 Å². The maximum absolute atomic E-state index is 11.8. The van der Waals surface area contributed by atoms with Crippen molar-refractivity contribution in [3.63, 3.8) is 0 Å². The highest BCUT2D eigenvalue weighted by Crippen LogP contribution is 2.44. The standard InChI is InChI=1S/C24H22N2O3/c1-24(2)20-10-6-7-11-22(20)25(18-8-4-3-5-9-18)23(24)15-12-17-16-19(27)13-14-21(17)26(28)29/h3-16,20,22H,1-2H3/b15-12+. The van der Waals surface area contributed by atoms with Gasteiger partial charge in [-0.25, -0.2) is 0 Å². The van der Waals surface area contributed by atoms with E-state index in [1.54, 1.807) is 6.08 Å². The van der Waals surface area contributed by atoms with E-state index in [9.17, 15) is 15.2 Å². The van der Waals surface area contributed by atoms with E-state index in [0.29, 0.717) is 5.56 Å². The highest BCUT2D eigenvalue weighted by atomic mass is 16.6. The third kappa shape index (κ3) is 3.29. The molecule has 5 heteroatoms. The number of hydrogen-bond donors (Lipinski definition) is 0. The zero-order chi connectivity index (χ0) is 20.6. The van der Waals surface area contributed by atoms with Crippen LogP contribution in [0, 0.1) is 21.4 Å². The van der Waals surface area contributed by atoms with Crippen LogP contribution in [0.5, 0.6) is 5.75 Å². The highest BCUT2D eigenvalue weighted by molar-refractivity contribution is 6.01. The van der Waals surface area contributed by atoms with Crippen LogP contribution in [0.3, 0.4) is 0 Å². The molecule has 5 nitrogen and oxygen atoms in total. The number of fused-ring (bicyclic) bond motifs is 1. The molecule has 2 atom stereocenters. The molecule has 1 aliphatic heterocycles. The molecule has 0 aromatic heterocycles. The van der Waals surface area contributed by atoms with E-state index in [4.69, 9.17) is 0 Å². The van der Waals surface area contributed by atoms with Crippen molar-refractivity contribution in [2.45, 2.75) is 19.9 Å². The Morgan fingerprint density at radius 3 is 2.48 bits per heavy atom. The number of nitro groups is 1. The van der Waals surface area contributed by atoms with Gasteiger partial charge in [0.1, 0.15) is 0 Å². The summed E-state index contributed by atoms with van der Waals surface area (Å²) >= 11 is 0. The molecule has 2 aromatic carbocycles. The summed E-state index contributed by atoms with van der Waals surface area (Å²) in [5, 5.41) is 23.2. The van der Waals surface area contributed by atoms with Gasteiger partial charge in [-0.3, -0.25) is 10.1 Å². The Labute approximate surface area is 169 Å². The molecule has 2 aromatic rings. The average molecular weight is 386 g/mol. The summed E-state index contributed by atoms with van der Waals surface area (Å²) in [7, 11) is 0. The summed E-state index contributed by atoms with van der Waals surface area (Å²) in [6.07, 6.45) is 12.2. The lowest BCUT2D eigenvalue weighted by Gasteiger charge is -2.23. The first-order chi connectivity index (χ1) is 13.9. The molecule has 0 fully saturated rings. The number of rotatable bonds is 4. The Kier molecular flexibility index (Phi) is 4.66. The van der Waals surface area contributed by atoms with Gasteiger partial charge in [0.25, 0.3) is 5.69 Å². The van der Waals surface area contributed by atoms with Gasteiger partial charge in [0, 0.05) is 24.3 Å². The predicted octanol–water partition coefficient (Wildman–Crippen LogP) is 4.62. The summed E-state index contributed by atoms with van der Waals surface area (Å²) in [5.41, 5.74) is 2.18. The topological polar surface area (TPSA) is 69.2 Å². The molecule has 146 valence electrons. The Balaban J connectivity index is 1.88. The third-order valence-electron chi connectivity index (χ3n) is 5.81. The second-order valence-electron chi connectivity index (χ2n) is 7.91. The summed E-state index contributed by atoms with van der Waals surface area (Å²) in [5.74, 6) is 0.0265. The van der Waals surface area contributed by atoms with Gasteiger partial charge in [0.15, 0.2) is 11.8 Å². The van der Waals surface area contributed by atoms with Crippen LogP contribution < -0.4 is 5.11 Å². The van der Waals surface area contributed by atoms with Gasteiger partial charge >= 0.3 is 0 Å². The molecule has 1 aliphatic carbocycles. The van der Waals surface area contributed by atoms with E-state index in [1.165, 1.54) is 18.2 Å². The predicted molar refractivity (Wildman–Crippen MR) is 112 cm³/mol. The summed E-state index contributed by atoms with van der Waals surface area (Å²) in [4.78, 5) is 10.9. The average Bonchev–Trinajstić information content (AvgIpc) is 2.94. The Bertz CT molecular complexity index is 1080. The summed E-state index contributed by atoms with van der Waals surface area (Å²) < 4.78 is 2.29. The van der Waals surface area contributed by atoms with Crippen molar-refractivity contribution in [3.05, 3.63) is 94.6 Å². The van der Waals surface area contributed by atoms with Crippen molar-refractivity contribution in [2.75, 3.05) is 0 Å². The number of benzene rings is 2. The molecule has 0 radical (unpaired) electrons. The third-order valence-corrected chi connectivity index (χ3v) is 5.81. The molecular formula is C24H22N2O3. The number of nitrogens with zero attached hydrogens (tertiary/aromatic N) is 2. The van der Waals surface area contributed by atoms with E-state index >= 15 is 0 Å². The molecule has 29 heavy (non-hydrogen) atoms. The molecule has 0 bridgehead atoms. The lowest BCUT2D eigenvalue weighted by atomic mass is 9.73. The molecule has 0 spiro atoms. The molecule has 1 heterocycles. The monoisotopic (exact) mass is 386 g/mol. The van der Waals surface area contributed by atoms with Gasteiger partial charge in [-0.15, -0.1) is 5.75 Å². The number of para-hydroxylation sites is 1. The van der Waals surface area contributed by atoms with Crippen molar-refractivity contribution in [1.82, 2.24) is 0 Å². The van der Waals surface area contributed by atoms with E-state index in [-0.39, 0.29) is 28.8 Å². The number of hydrogen-bond acceptors (Lipinski definition) is 3. The van der Waals surface area contributed by atoms with Crippen LogP contribution in [0.2, 0.25) is 0 Å². The van der Waals surface area contributed by atoms with Gasteiger partial charge in [-0.1, -0.05) is 48.6 Å². The van der Waals surface area contributed by atoms with E-state index in [2.05, 4.69) is 54.9 Å². The largest absolute Gasteiger partial charge is 0.872 e. The zero-order valence-electron chi connectivity index (χ0n) is 16.4. The second-order valence-corrected chi connectivity index (χ2v) is 7.91. The van der Waals surface area contributed by atoms with E-state index in [0.717, 1.165) is 11.4 Å². The normalized spacial score (nSPS) is 22.3. The molecule has 0 saturated carbocycles. The fourth-order valence-electron chi connectivity index (χ4n) is 4.35. The fraction of sp³-hybridized carbons (Fsp3) is 0.208. The molecule has 0 saturated heterocycles. The van der Waals surface area contributed by atoms with Gasteiger partial charge in [-0.2, -0.15) is 4.58 Å². The van der Waals surface area contributed by atoms with Crippen LogP contribution in [-0.2, 0) is 0 Å². The lowest BCUT2D eigenvalue weighted by molar-refractivity contribution is -0.466. The lowest BCUT2D eigenvalue weighted by Crippen LogP contribution is -2.30. The first-order valence-electron chi connectivity index (χ1n) is 9.60. The molecular weight excluding hydrogens is 364 g/mol. The van der Waals surface area contributed by atoms with Crippen LogP contribution in [0.4, 0.5) is 11.4 Å².